The molecule has 2 rings (SSSR count). The van der Waals surface area contributed by atoms with Gasteiger partial charge < -0.3 is 28.9 Å². The quantitative estimate of drug-likeness (QED) is 0.660. The first-order chi connectivity index (χ1) is 11.4. The van der Waals surface area contributed by atoms with Crippen LogP contribution in [-0.2, 0) is 16.2 Å². The molecule has 0 unspecified atom stereocenters. The minimum absolute atomic E-state index is 0. The molecule has 2 aromatic rings. The number of ether oxygens (including phenoxy) is 1. The maximum atomic E-state index is 10.1. The van der Waals surface area contributed by atoms with E-state index in [0.29, 0.717) is 23.2 Å². The summed E-state index contributed by atoms with van der Waals surface area (Å²) in [6, 6.07) is 6.41. The van der Waals surface area contributed by atoms with Crippen molar-refractivity contribution in [1.29, 1.82) is 0 Å². The van der Waals surface area contributed by atoms with Crippen LogP contribution in [0, 0.1) is 0 Å². The Kier molecular flexibility index (Phi) is 12.6. The van der Waals surface area contributed by atoms with Gasteiger partial charge in [-0.05, 0) is 30.4 Å². The molecule has 0 fully saturated rings. The zero-order chi connectivity index (χ0) is 17.9. The second kappa shape index (κ2) is 13.1. The summed E-state index contributed by atoms with van der Waals surface area (Å²) < 4.78 is 14.7. The summed E-state index contributed by atoms with van der Waals surface area (Å²) >= 11 is 0. The second-order valence-corrected chi connectivity index (χ2v) is 4.17. The molecule has 26 heavy (non-hydrogen) atoms. The average Bonchev–Trinajstić information content (AvgIpc) is 3.20. The van der Waals surface area contributed by atoms with Crippen molar-refractivity contribution < 1.29 is 38.5 Å². The minimum Gasteiger partial charge on any atom is -0.478 e. The number of hydrogen-bond donors (Lipinski definition) is 3. The van der Waals surface area contributed by atoms with E-state index in [1.807, 2.05) is 0 Å². The standard InChI is InChI=1S/2C8H8O4.2CH4/c1-11-8-5-3-6(12-8)2-4-7(9)10;9-5-7-2-1-6(12-7)3-4-8(10)11;;/h2-5H,1H3,(H,9,10);1-4,9H,5H2,(H,10,11);2*1H4/b4-2+;4-3+;;. The molecule has 8 heteroatoms. The molecule has 8 nitrogen and oxygen atoms in total. The van der Waals surface area contributed by atoms with Gasteiger partial charge in [0, 0.05) is 18.2 Å². The monoisotopic (exact) mass is 368 g/mol. The zero-order valence-corrected chi connectivity index (χ0v) is 12.7. The van der Waals surface area contributed by atoms with Crippen molar-refractivity contribution in [2.24, 2.45) is 0 Å². The number of carbonyl (C=O) groups is 2. The summed E-state index contributed by atoms with van der Waals surface area (Å²) in [6.07, 6.45) is 4.64. The first-order valence-corrected chi connectivity index (χ1v) is 6.60. The third-order valence-corrected chi connectivity index (χ3v) is 2.42. The normalized spacial score (nSPS) is 9.77. The summed E-state index contributed by atoms with van der Waals surface area (Å²) in [4.78, 5) is 20.2. The van der Waals surface area contributed by atoms with Gasteiger partial charge in [0.05, 0.1) is 7.11 Å². The van der Waals surface area contributed by atoms with E-state index in [4.69, 9.17) is 28.9 Å². The van der Waals surface area contributed by atoms with Crippen molar-refractivity contribution in [3.63, 3.8) is 0 Å². The highest BCUT2D eigenvalue weighted by Gasteiger charge is 1.98. The van der Waals surface area contributed by atoms with Crippen LogP contribution in [0.25, 0.3) is 12.2 Å². The van der Waals surface area contributed by atoms with Crippen LogP contribution in [0.3, 0.4) is 0 Å². The lowest BCUT2D eigenvalue weighted by molar-refractivity contribution is -0.132. The fraction of sp³-hybridized carbons (Fsp3) is 0.222. The fourth-order valence-corrected chi connectivity index (χ4v) is 1.41. The molecule has 0 aliphatic rings. The summed E-state index contributed by atoms with van der Waals surface area (Å²) in [5.74, 6) is -0.391. The van der Waals surface area contributed by atoms with E-state index < -0.39 is 11.9 Å². The Balaban J connectivity index is 0. The number of carboxylic acids is 2. The Morgan fingerprint density at radius 3 is 1.85 bits per heavy atom. The first kappa shape index (κ1) is 25.0. The van der Waals surface area contributed by atoms with Crippen molar-refractivity contribution >= 4 is 24.1 Å². The van der Waals surface area contributed by atoms with Gasteiger partial charge in [-0.25, -0.2) is 9.59 Å². The van der Waals surface area contributed by atoms with Gasteiger partial charge in [-0.1, -0.05) is 14.9 Å². The zero-order valence-electron chi connectivity index (χ0n) is 12.7. The average molecular weight is 368 g/mol. The highest BCUT2D eigenvalue weighted by molar-refractivity contribution is 5.85. The number of hydrogen-bond acceptors (Lipinski definition) is 6. The molecule has 0 saturated heterocycles. The van der Waals surface area contributed by atoms with Crippen molar-refractivity contribution in [2.75, 3.05) is 7.11 Å². The highest BCUT2D eigenvalue weighted by atomic mass is 16.6. The van der Waals surface area contributed by atoms with Gasteiger partial charge in [-0.2, -0.15) is 0 Å². The van der Waals surface area contributed by atoms with Crippen LogP contribution in [0.1, 0.15) is 32.1 Å². The topological polar surface area (TPSA) is 130 Å². The highest BCUT2D eigenvalue weighted by Crippen LogP contribution is 2.15. The SMILES string of the molecule is C.C.COc1ccc(/C=C/C(=O)O)o1.O=C(O)/C=C/c1ccc(CO)o1. The van der Waals surface area contributed by atoms with Gasteiger partial charge in [0.15, 0.2) is 0 Å². The second-order valence-electron chi connectivity index (χ2n) is 4.17. The maximum absolute atomic E-state index is 10.1. The van der Waals surface area contributed by atoms with Crippen LogP contribution in [-0.4, -0.2) is 34.4 Å². The van der Waals surface area contributed by atoms with Crippen molar-refractivity contribution in [3.05, 3.63) is 53.7 Å². The predicted octanol–water partition coefficient (Wildman–Crippen LogP) is 3.53. The molecule has 0 aromatic carbocycles. The number of rotatable bonds is 6. The fourth-order valence-electron chi connectivity index (χ4n) is 1.41. The molecule has 0 saturated carbocycles. The minimum atomic E-state index is -1.03. The van der Waals surface area contributed by atoms with Crippen LogP contribution in [0.15, 0.2) is 45.3 Å². The van der Waals surface area contributed by atoms with E-state index in [-0.39, 0.29) is 21.5 Å². The molecule has 2 aromatic heterocycles. The molecule has 0 spiro atoms. The van der Waals surface area contributed by atoms with Crippen molar-refractivity contribution in [3.8, 4) is 5.95 Å². The van der Waals surface area contributed by atoms with Gasteiger partial charge in [0.1, 0.15) is 23.9 Å². The number of furan rings is 2. The lowest BCUT2D eigenvalue weighted by Crippen LogP contribution is -1.84. The Bertz CT molecular complexity index is 659. The smallest absolute Gasteiger partial charge is 0.328 e. The molecule has 0 radical (unpaired) electrons. The third-order valence-electron chi connectivity index (χ3n) is 2.42. The van der Waals surface area contributed by atoms with E-state index in [0.717, 1.165) is 12.2 Å². The third kappa shape index (κ3) is 9.78. The Morgan fingerprint density at radius 2 is 1.46 bits per heavy atom. The van der Waals surface area contributed by atoms with Crippen molar-refractivity contribution in [1.82, 2.24) is 0 Å². The van der Waals surface area contributed by atoms with Gasteiger partial charge >= 0.3 is 11.9 Å². The van der Waals surface area contributed by atoms with Gasteiger partial charge in [-0.15, -0.1) is 0 Å². The number of carboxylic acid groups (broad SMARTS) is 2. The first-order valence-electron chi connectivity index (χ1n) is 6.60. The van der Waals surface area contributed by atoms with Crippen LogP contribution in [0.2, 0.25) is 0 Å². The molecule has 0 aliphatic heterocycles. The van der Waals surface area contributed by atoms with Crippen LogP contribution in [0.5, 0.6) is 5.95 Å². The number of aliphatic carboxylic acids is 2. The molecule has 3 N–H and O–H groups in total. The van der Waals surface area contributed by atoms with Gasteiger partial charge in [-0.3, -0.25) is 0 Å². The van der Waals surface area contributed by atoms with Crippen molar-refractivity contribution in [2.45, 2.75) is 21.5 Å². The van der Waals surface area contributed by atoms with Crippen LogP contribution < -0.4 is 4.74 Å². The van der Waals surface area contributed by atoms with Gasteiger partial charge in [0.25, 0.3) is 5.95 Å². The summed E-state index contributed by atoms with van der Waals surface area (Å²) in [6.45, 7) is -0.180. The van der Waals surface area contributed by atoms with Gasteiger partial charge in [0.2, 0.25) is 0 Å². The van der Waals surface area contributed by atoms with E-state index in [1.165, 1.54) is 19.3 Å². The number of aliphatic hydroxyl groups is 1. The Hall–Kier alpha value is -3.26. The van der Waals surface area contributed by atoms with Crippen LogP contribution in [0.4, 0.5) is 0 Å². The molecular weight excluding hydrogens is 344 g/mol. The lowest BCUT2D eigenvalue weighted by Gasteiger charge is -1.88. The Morgan fingerprint density at radius 1 is 0.962 bits per heavy atom. The predicted molar refractivity (Wildman–Crippen MR) is 96.7 cm³/mol. The number of aliphatic hydroxyl groups excluding tert-OH is 1. The lowest BCUT2D eigenvalue weighted by atomic mass is 10.4. The maximum Gasteiger partial charge on any atom is 0.328 e. The summed E-state index contributed by atoms with van der Waals surface area (Å²) in [7, 11) is 1.48. The molecule has 2 heterocycles. The molecule has 0 amide bonds. The summed E-state index contributed by atoms with van der Waals surface area (Å²) in [5, 5.41) is 25.1. The largest absolute Gasteiger partial charge is 0.478 e. The molecular formula is C18H24O8. The number of methoxy groups -OCH3 is 1. The molecule has 144 valence electrons. The molecule has 0 atom stereocenters. The van der Waals surface area contributed by atoms with E-state index in [9.17, 15) is 9.59 Å². The summed E-state index contributed by atoms with van der Waals surface area (Å²) in [5.41, 5.74) is 0. The van der Waals surface area contributed by atoms with Crippen LogP contribution >= 0.6 is 0 Å². The Labute approximate surface area is 151 Å². The van der Waals surface area contributed by atoms with E-state index in [1.54, 1.807) is 24.3 Å². The van der Waals surface area contributed by atoms with E-state index >= 15 is 0 Å². The molecule has 0 aliphatic carbocycles. The molecule has 0 bridgehead atoms. The van der Waals surface area contributed by atoms with E-state index in [2.05, 4.69) is 0 Å².